The van der Waals surface area contributed by atoms with E-state index in [0.717, 1.165) is 134 Å². The lowest BCUT2D eigenvalue weighted by Crippen LogP contribution is -2.64. The van der Waals surface area contributed by atoms with Crippen LogP contribution >= 0.6 is 11.8 Å². The molecule has 15 aromatic carbocycles. The van der Waals surface area contributed by atoms with Crippen LogP contribution in [-0.2, 0) is 0 Å². The highest BCUT2D eigenvalue weighted by molar-refractivity contribution is 8.00. The largest absolute Gasteiger partial charge is 0.311 e. The highest BCUT2D eigenvalue weighted by Gasteiger charge is 2.48. The number of anilines is 15. The van der Waals surface area contributed by atoms with Crippen molar-refractivity contribution >= 4 is 143 Å². The molecule has 4 heterocycles. The lowest BCUT2D eigenvalue weighted by atomic mass is 9.31. The number of halogens is 1. The monoisotopic (exact) mass is 1280 g/mol. The SMILES string of the molecule is Fc1cccc(-c2ccccc2)c1N1c2cc3c(cc2B2c4ccccc4N(c4ccccc4)c4cc(N(c5ccc(-c6ccccc6)cc5)c5cccc(-c6ccccc6)c5)cc1c42)B1c2ccccc2N(c2ccccc2)c2cc(N(c4ccccc4)c4ccccc4)cc(c21)S3. The molecule has 4 aliphatic rings. The van der Waals surface area contributed by atoms with E-state index in [1.54, 1.807) is 6.07 Å². The molecule has 0 aromatic heterocycles. The molecule has 4 aliphatic heterocycles. The molecule has 0 saturated carbocycles. The molecule has 99 heavy (non-hydrogen) atoms. The number of benzene rings is 15. The average Bonchev–Trinajstić information content (AvgIpc) is 0.688. The molecule has 0 radical (unpaired) electrons. The molecule has 0 atom stereocenters. The molecule has 464 valence electrons. The first-order valence-electron chi connectivity index (χ1n) is 33.8. The fraction of sp³-hybridized carbons (Fsp3) is 0. The summed E-state index contributed by atoms with van der Waals surface area (Å²) in [6.45, 7) is -0.483. The fourth-order valence-corrected chi connectivity index (χ4v) is 17.1. The van der Waals surface area contributed by atoms with Crippen molar-refractivity contribution in [2.24, 2.45) is 0 Å². The van der Waals surface area contributed by atoms with Crippen molar-refractivity contribution in [1.82, 2.24) is 0 Å². The van der Waals surface area contributed by atoms with Gasteiger partial charge in [-0.1, -0.05) is 260 Å². The van der Waals surface area contributed by atoms with Crippen LogP contribution < -0.4 is 57.3 Å². The van der Waals surface area contributed by atoms with Crippen molar-refractivity contribution in [2.75, 3.05) is 24.5 Å². The fourth-order valence-electron chi connectivity index (χ4n) is 15.8. The van der Waals surface area contributed by atoms with Gasteiger partial charge in [-0.05, 0) is 176 Å². The minimum Gasteiger partial charge on any atom is -0.311 e. The van der Waals surface area contributed by atoms with Crippen LogP contribution in [0.4, 0.5) is 89.7 Å². The predicted octanol–water partition coefficient (Wildman–Crippen LogP) is 20.6. The van der Waals surface area contributed by atoms with Crippen molar-refractivity contribution < 1.29 is 4.39 Å². The highest BCUT2D eigenvalue weighted by Crippen LogP contribution is 2.53. The van der Waals surface area contributed by atoms with E-state index in [1.165, 1.54) is 21.9 Å². The Labute approximate surface area is 581 Å². The average molecular weight is 1280 g/mol. The molecule has 9 heteroatoms. The second-order valence-corrected chi connectivity index (χ2v) is 26.7. The van der Waals surface area contributed by atoms with Crippen LogP contribution in [0.5, 0.6) is 0 Å². The number of rotatable bonds is 12. The first kappa shape index (κ1) is 58.1. The number of nitrogens with zero attached hydrogens (tertiary/aromatic N) is 5. The second-order valence-electron chi connectivity index (χ2n) is 25.7. The number of hydrogen-bond donors (Lipinski definition) is 0. The maximum Gasteiger partial charge on any atom is 0.252 e. The van der Waals surface area contributed by atoms with Gasteiger partial charge >= 0.3 is 0 Å². The first-order valence-corrected chi connectivity index (χ1v) is 34.6. The van der Waals surface area contributed by atoms with Gasteiger partial charge < -0.3 is 24.5 Å². The zero-order chi connectivity index (χ0) is 65.5. The molecule has 0 amide bonds. The molecule has 0 unspecified atom stereocenters. The van der Waals surface area contributed by atoms with Crippen LogP contribution in [0, 0.1) is 5.82 Å². The summed E-state index contributed by atoms with van der Waals surface area (Å²) in [4.78, 5) is 14.3. The minimum atomic E-state index is -0.325. The molecular formula is C90H60B2FN5S. The van der Waals surface area contributed by atoms with Crippen LogP contribution in [0.25, 0.3) is 33.4 Å². The lowest BCUT2D eigenvalue weighted by molar-refractivity contribution is 0.629. The van der Waals surface area contributed by atoms with Gasteiger partial charge in [0.1, 0.15) is 5.82 Å². The Morgan fingerprint density at radius 2 is 0.677 bits per heavy atom. The first-order chi connectivity index (χ1) is 49.1. The van der Waals surface area contributed by atoms with Crippen molar-refractivity contribution in [1.29, 1.82) is 0 Å². The standard InChI is InChI=1S/C90H60B2FN5S/c93-79-47-27-44-74(64-32-12-3-13-33-64)90(79)98-82-60-86-78(92-76-46-23-25-49-81(76)97(69-41-20-7-21-42-69)85-57-73(58-87(99-86)89(85)92)94(66-35-14-4-15-36-66)67-37-16-5-17-38-67)59-77(82)91-75-45-22-24-48-80(75)96(68-39-18-6-19-40-68)83-55-72(56-84(98)88(83)91)95(70-52-50-63(51-53-70)61-28-8-1-9-29-61)71-43-26-34-65(54-71)62-30-10-2-11-31-62/h1-60H. The van der Waals surface area contributed by atoms with Crippen molar-refractivity contribution in [3.63, 3.8) is 0 Å². The zero-order valence-electron chi connectivity index (χ0n) is 53.8. The van der Waals surface area contributed by atoms with Gasteiger partial charge in [-0.2, -0.15) is 0 Å². The van der Waals surface area contributed by atoms with Gasteiger partial charge in [0.05, 0.1) is 11.4 Å². The molecule has 0 saturated heterocycles. The summed E-state index contributed by atoms with van der Waals surface area (Å²) < 4.78 is 18.7. The van der Waals surface area contributed by atoms with E-state index in [-0.39, 0.29) is 19.2 Å². The number of fused-ring (bicyclic) bond motifs is 8. The van der Waals surface area contributed by atoms with Gasteiger partial charge in [0.15, 0.2) is 0 Å². The molecule has 0 N–H and O–H groups in total. The van der Waals surface area contributed by atoms with E-state index in [4.69, 9.17) is 0 Å². The predicted molar refractivity (Wildman–Crippen MR) is 416 cm³/mol. The van der Waals surface area contributed by atoms with Gasteiger partial charge in [0.2, 0.25) is 6.71 Å². The molecule has 0 fully saturated rings. The summed E-state index contributed by atoms with van der Waals surface area (Å²) in [5.41, 5.74) is 28.0. The maximum absolute atomic E-state index is 18.7. The summed E-state index contributed by atoms with van der Waals surface area (Å²) in [6, 6.07) is 131. The Morgan fingerprint density at radius 1 is 0.253 bits per heavy atom. The smallest absolute Gasteiger partial charge is 0.252 e. The summed E-state index contributed by atoms with van der Waals surface area (Å²) >= 11 is 1.82. The maximum atomic E-state index is 18.7. The Kier molecular flexibility index (Phi) is 14.1. The molecule has 5 nitrogen and oxygen atoms in total. The Hall–Kier alpha value is -12.3. The Balaban J connectivity index is 0.908. The normalized spacial score (nSPS) is 12.8. The quantitative estimate of drug-likeness (QED) is 0.113. The van der Waals surface area contributed by atoms with E-state index in [9.17, 15) is 0 Å². The van der Waals surface area contributed by atoms with Crippen LogP contribution in [0.1, 0.15) is 0 Å². The van der Waals surface area contributed by atoms with Crippen LogP contribution in [0.15, 0.2) is 374 Å². The molecule has 19 rings (SSSR count). The Morgan fingerprint density at radius 3 is 1.26 bits per heavy atom. The number of para-hydroxylation sites is 7. The van der Waals surface area contributed by atoms with E-state index in [2.05, 4.69) is 370 Å². The summed E-state index contributed by atoms with van der Waals surface area (Å²) in [5.74, 6) is -0.325. The molecule has 0 bridgehead atoms. The van der Waals surface area contributed by atoms with Crippen molar-refractivity contribution in [2.45, 2.75) is 9.79 Å². The summed E-state index contributed by atoms with van der Waals surface area (Å²) in [5, 5.41) is 0. The van der Waals surface area contributed by atoms with Gasteiger partial charge in [-0.25, -0.2) is 4.39 Å². The number of hydrogen-bond acceptors (Lipinski definition) is 6. The third kappa shape index (κ3) is 9.79. The van der Waals surface area contributed by atoms with Gasteiger partial charge in [-0.15, -0.1) is 0 Å². The molecule has 0 spiro atoms. The zero-order valence-corrected chi connectivity index (χ0v) is 54.6. The lowest BCUT2D eigenvalue weighted by Gasteiger charge is -2.46. The van der Waals surface area contributed by atoms with E-state index in [1.807, 2.05) is 23.9 Å². The minimum absolute atomic E-state index is 0.179. The summed E-state index contributed by atoms with van der Waals surface area (Å²) in [7, 11) is 0. The Bertz CT molecular complexity index is 5540. The van der Waals surface area contributed by atoms with Gasteiger partial charge in [-0.3, -0.25) is 0 Å². The van der Waals surface area contributed by atoms with Gasteiger partial charge in [0.25, 0.3) is 6.71 Å². The molecule has 15 aromatic rings. The van der Waals surface area contributed by atoms with Crippen molar-refractivity contribution in [3.8, 4) is 33.4 Å². The van der Waals surface area contributed by atoms with E-state index < -0.39 is 0 Å². The second kappa shape index (κ2) is 24.1. The van der Waals surface area contributed by atoms with Gasteiger partial charge in [0, 0.05) is 89.3 Å². The molecule has 0 aliphatic carbocycles. The van der Waals surface area contributed by atoms with Crippen LogP contribution in [-0.4, -0.2) is 13.4 Å². The summed E-state index contributed by atoms with van der Waals surface area (Å²) in [6.07, 6.45) is 0. The van der Waals surface area contributed by atoms with Crippen LogP contribution in [0.2, 0.25) is 0 Å². The topological polar surface area (TPSA) is 16.2 Å². The highest BCUT2D eigenvalue weighted by atomic mass is 32.2. The third-order valence-corrected chi connectivity index (χ3v) is 21.2. The van der Waals surface area contributed by atoms with E-state index in [0.29, 0.717) is 5.69 Å². The molecular weight excluding hydrogens is 1220 g/mol. The van der Waals surface area contributed by atoms with Crippen LogP contribution in [0.3, 0.4) is 0 Å². The third-order valence-electron chi connectivity index (χ3n) is 20.1. The van der Waals surface area contributed by atoms with Crippen molar-refractivity contribution in [3.05, 3.63) is 370 Å². The van der Waals surface area contributed by atoms with E-state index >= 15 is 4.39 Å².